The predicted molar refractivity (Wildman–Crippen MR) is 71.2 cm³/mol. The minimum atomic E-state index is -0.778. The number of halogens is 1. The first-order valence-electron chi connectivity index (χ1n) is 5.43. The van der Waals surface area contributed by atoms with E-state index in [2.05, 4.69) is 26.2 Å². The van der Waals surface area contributed by atoms with Crippen LogP contribution in [0, 0.1) is 6.92 Å². The average molecular weight is 301 g/mol. The zero-order valence-electron chi connectivity index (χ0n) is 10.2. The van der Waals surface area contributed by atoms with E-state index in [9.17, 15) is 4.79 Å². The number of carboxylic acid groups (broad SMARTS) is 1. The molecule has 0 aliphatic heterocycles. The molecule has 1 rings (SSSR count). The average Bonchev–Trinajstić information content (AvgIpc) is 2.21. The maximum absolute atomic E-state index is 10.5. The number of nitrogens with one attached hydrogen (secondary N) is 1. The van der Waals surface area contributed by atoms with Gasteiger partial charge in [0.25, 0.3) is 0 Å². The largest absolute Gasteiger partial charge is 0.481 e. The fraction of sp³-hybridized carbons (Fsp3) is 0.500. The molecule has 0 spiro atoms. The van der Waals surface area contributed by atoms with Gasteiger partial charge < -0.3 is 10.4 Å². The standard InChI is InChI=1S/C12H17BrN2O2/c1-8-9(13)4-5-10(14-8)15-12(2,3)7-6-11(16)17/h4-5H,6-7H2,1-3H3,(H,14,15)(H,16,17). The molecule has 1 heterocycles. The lowest BCUT2D eigenvalue weighted by Gasteiger charge is -2.26. The number of carbonyl (C=O) groups is 1. The van der Waals surface area contributed by atoms with E-state index in [1.165, 1.54) is 0 Å². The van der Waals surface area contributed by atoms with Gasteiger partial charge in [-0.1, -0.05) is 0 Å². The van der Waals surface area contributed by atoms with Crippen LogP contribution in [0.25, 0.3) is 0 Å². The SMILES string of the molecule is Cc1nc(NC(C)(C)CCC(=O)O)ccc1Br. The third-order valence-corrected chi connectivity index (χ3v) is 3.29. The van der Waals surface area contributed by atoms with Crippen LogP contribution in [0.1, 0.15) is 32.4 Å². The lowest BCUT2D eigenvalue weighted by Crippen LogP contribution is -2.32. The Labute approximate surface area is 110 Å². The van der Waals surface area contributed by atoms with Crippen LogP contribution in [-0.2, 0) is 4.79 Å². The van der Waals surface area contributed by atoms with Gasteiger partial charge in [0.15, 0.2) is 0 Å². The lowest BCUT2D eigenvalue weighted by atomic mass is 9.98. The molecule has 0 aromatic carbocycles. The molecule has 4 nitrogen and oxygen atoms in total. The van der Waals surface area contributed by atoms with E-state index in [-0.39, 0.29) is 12.0 Å². The van der Waals surface area contributed by atoms with E-state index in [1.54, 1.807) is 0 Å². The summed E-state index contributed by atoms with van der Waals surface area (Å²) in [5.41, 5.74) is 0.620. The monoisotopic (exact) mass is 300 g/mol. The first kappa shape index (κ1) is 14.0. The minimum absolute atomic E-state index is 0.148. The highest BCUT2D eigenvalue weighted by Crippen LogP contribution is 2.21. The molecular formula is C12H17BrN2O2. The van der Waals surface area contributed by atoms with Gasteiger partial charge in [0, 0.05) is 16.4 Å². The molecule has 1 aromatic heterocycles. The quantitative estimate of drug-likeness (QED) is 0.876. The predicted octanol–water partition coefficient (Wildman–Crippen LogP) is 3.21. The number of aryl methyl sites for hydroxylation is 1. The smallest absolute Gasteiger partial charge is 0.303 e. The number of pyridine rings is 1. The second-order valence-electron chi connectivity index (χ2n) is 4.67. The molecule has 2 N–H and O–H groups in total. The maximum Gasteiger partial charge on any atom is 0.303 e. The van der Waals surface area contributed by atoms with E-state index in [4.69, 9.17) is 5.11 Å². The highest BCUT2D eigenvalue weighted by molar-refractivity contribution is 9.10. The molecule has 0 aliphatic carbocycles. The number of aromatic nitrogens is 1. The Morgan fingerprint density at radius 3 is 2.71 bits per heavy atom. The number of hydrogen-bond acceptors (Lipinski definition) is 3. The molecule has 0 fully saturated rings. The summed E-state index contributed by atoms with van der Waals surface area (Å²) in [5, 5.41) is 11.9. The van der Waals surface area contributed by atoms with Crippen LogP contribution in [-0.4, -0.2) is 21.6 Å². The summed E-state index contributed by atoms with van der Waals surface area (Å²) in [6.45, 7) is 5.85. The highest BCUT2D eigenvalue weighted by Gasteiger charge is 2.19. The number of nitrogens with zero attached hydrogens (tertiary/aromatic N) is 1. The van der Waals surface area contributed by atoms with Crippen molar-refractivity contribution in [3.8, 4) is 0 Å². The van der Waals surface area contributed by atoms with Crippen molar-refractivity contribution in [2.45, 2.75) is 39.2 Å². The summed E-state index contributed by atoms with van der Waals surface area (Å²) >= 11 is 3.39. The van der Waals surface area contributed by atoms with Crippen LogP contribution in [0.4, 0.5) is 5.82 Å². The first-order chi connectivity index (χ1) is 7.80. The fourth-order valence-corrected chi connectivity index (χ4v) is 1.66. The summed E-state index contributed by atoms with van der Waals surface area (Å²) in [5.74, 6) is -0.0130. The van der Waals surface area contributed by atoms with Crippen molar-refractivity contribution >= 4 is 27.7 Å². The second-order valence-corrected chi connectivity index (χ2v) is 5.52. The lowest BCUT2D eigenvalue weighted by molar-refractivity contribution is -0.137. The summed E-state index contributed by atoms with van der Waals surface area (Å²) in [4.78, 5) is 14.9. The Morgan fingerprint density at radius 1 is 1.53 bits per heavy atom. The van der Waals surface area contributed by atoms with Crippen LogP contribution >= 0.6 is 15.9 Å². The zero-order valence-corrected chi connectivity index (χ0v) is 11.8. The van der Waals surface area contributed by atoms with Crippen LogP contribution in [0.2, 0.25) is 0 Å². The van der Waals surface area contributed by atoms with Gasteiger partial charge in [0.05, 0.1) is 5.69 Å². The van der Waals surface area contributed by atoms with E-state index in [0.29, 0.717) is 6.42 Å². The van der Waals surface area contributed by atoms with Gasteiger partial charge >= 0.3 is 5.97 Å². The molecule has 0 saturated heterocycles. The van der Waals surface area contributed by atoms with Crippen molar-refractivity contribution in [3.05, 3.63) is 22.3 Å². The van der Waals surface area contributed by atoms with E-state index < -0.39 is 5.97 Å². The number of anilines is 1. The van der Waals surface area contributed by atoms with Crippen molar-refractivity contribution in [2.24, 2.45) is 0 Å². The minimum Gasteiger partial charge on any atom is -0.481 e. The molecule has 0 atom stereocenters. The summed E-state index contributed by atoms with van der Waals surface area (Å²) in [6, 6.07) is 3.80. The van der Waals surface area contributed by atoms with Crippen LogP contribution in [0.3, 0.4) is 0 Å². The van der Waals surface area contributed by atoms with Gasteiger partial charge in [-0.25, -0.2) is 4.98 Å². The van der Waals surface area contributed by atoms with Crippen molar-refractivity contribution in [2.75, 3.05) is 5.32 Å². The Balaban J connectivity index is 2.68. The van der Waals surface area contributed by atoms with Crippen LogP contribution in [0.15, 0.2) is 16.6 Å². The topological polar surface area (TPSA) is 62.2 Å². The first-order valence-corrected chi connectivity index (χ1v) is 6.22. The summed E-state index contributed by atoms with van der Waals surface area (Å²) < 4.78 is 0.964. The molecule has 17 heavy (non-hydrogen) atoms. The number of aliphatic carboxylic acids is 1. The molecule has 0 bridgehead atoms. The third kappa shape index (κ3) is 4.73. The van der Waals surface area contributed by atoms with Gasteiger partial charge in [0.1, 0.15) is 5.82 Å². The fourth-order valence-electron chi connectivity index (χ4n) is 1.44. The van der Waals surface area contributed by atoms with Gasteiger partial charge in [-0.3, -0.25) is 4.79 Å². The van der Waals surface area contributed by atoms with Crippen LogP contribution in [0.5, 0.6) is 0 Å². The Bertz CT molecular complexity index is 419. The van der Waals surface area contributed by atoms with Crippen LogP contribution < -0.4 is 5.32 Å². The van der Waals surface area contributed by atoms with Crippen molar-refractivity contribution in [3.63, 3.8) is 0 Å². The van der Waals surface area contributed by atoms with Gasteiger partial charge in [-0.15, -0.1) is 0 Å². The molecular weight excluding hydrogens is 284 g/mol. The zero-order chi connectivity index (χ0) is 13.1. The maximum atomic E-state index is 10.5. The van der Waals surface area contributed by atoms with Gasteiger partial charge in [0.2, 0.25) is 0 Å². The Morgan fingerprint density at radius 2 is 2.18 bits per heavy atom. The van der Waals surface area contributed by atoms with Crippen molar-refractivity contribution in [1.29, 1.82) is 0 Å². The van der Waals surface area contributed by atoms with Crippen molar-refractivity contribution in [1.82, 2.24) is 4.98 Å². The number of carboxylic acids is 1. The molecule has 5 heteroatoms. The summed E-state index contributed by atoms with van der Waals surface area (Å²) in [6.07, 6.45) is 0.703. The second kappa shape index (κ2) is 5.49. The van der Waals surface area contributed by atoms with Gasteiger partial charge in [-0.2, -0.15) is 0 Å². The van der Waals surface area contributed by atoms with E-state index in [0.717, 1.165) is 16.0 Å². The van der Waals surface area contributed by atoms with E-state index in [1.807, 2.05) is 32.9 Å². The molecule has 94 valence electrons. The number of hydrogen-bond donors (Lipinski definition) is 2. The molecule has 1 aromatic rings. The molecule has 0 saturated carbocycles. The molecule has 0 unspecified atom stereocenters. The van der Waals surface area contributed by atoms with Gasteiger partial charge in [-0.05, 0) is 55.3 Å². The third-order valence-electron chi connectivity index (χ3n) is 2.45. The van der Waals surface area contributed by atoms with Crippen molar-refractivity contribution < 1.29 is 9.90 Å². The highest BCUT2D eigenvalue weighted by atomic mass is 79.9. The molecule has 0 radical (unpaired) electrons. The Hall–Kier alpha value is -1.10. The summed E-state index contributed by atoms with van der Waals surface area (Å²) in [7, 11) is 0. The molecule has 0 aliphatic rings. The van der Waals surface area contributed by atoms with E-state index >= 15 is 0 Å². The number of rotatable bonds is 5. The Kier molecular flexibility index (Phi) is 4.51. The normalized spacial score (nSPS) is 11.3. The molecule has 0 amide bonds.